The molecule has 0 fully saturated rings. The van der Waals surface area contributed by atoms with Gasteiger partial charge in [0.1, 0.15) is 0 Å². The second kappa shape index (κ2) is 10.5. The van der Waals surface area contributed by atoms with Crippen LogP contribution in [0.3, 0.4) is 0 Å². The van der Waals surface area contributed by atoms with E-state index in [1.165, 1.54) is 28.6 Å². The summed E-state index contributed by atoms with van der Waals surface area (Å²) in [5, 5.41) is 0. The van der Waals surface area contributed by atoms with Crippen molar-refractivity contribution in [3.8, 4) is 0 Å². The summed E-state index contributed by atoms with van der Waals surface area (Å²) in [7, 11) is -3.52. The van der Waals surface area contributed by atoms with Gasteiger partial charge in [0.2, 0.25) is 15.8 Å². The summed E-state index contributed by atoms with van der Waals surface area (Å²) < 4.78 is 33.5. The Morgan fingerprint density at radius 1 is 1.06 bits per heavy atom. The summed E-state index contributed by atoms with van der Waals surface area (Å²) in [4.78, 5) is 24.6. The molecule has 0 atom stereocenters. The molecule has 0 aliphatic heterocycles. The molecule has 1 heterocycles. The van der Waals surface area contributed by atoms with Crippen molar-refractivity contribution in [3.63, 3.8) is 0 Å². The smallest absolute Gasteiger partial charge is 0.331 e. The summed E-state index contributed by atoms with van der Waals surface area (Å²) in [6.07, 6.45) is 2.74. The van der Waals surface area contributed by atoms with E-state index in [4.69, 9.17) is 4.74 Å². The van der Waals surface area contributed by atoms with Crippen molar-refractivity contribution < 1.29 is 22.7 Å². The number of benzene rings is 1. The average Bonchev–Trinajstić information content (AvgIpc) is 3.04. The summed E-state index contributed by atoms with van der Waals surface area (Å²) >= 11 is 0. The predicted molar refractivity (Wildman–Crippen MR) is 120 cm³/mol. The highest BCUT2D eigenvalue weighted by atomic mass is 32.2. The van der Waals surface area contributed by atoms with Gasteiger partial charge in [0.05, 0.1) is 4.90 Å². The third-order valence-electron chi connectivity index (χ3n) is 5.17. The van der Waals surface area contributed by atoms with Gasteiger partial charge in [0, 0.05) is 42.7 Å². The summed E-state index contributed by atoms with van der Waals surface area (Å²) in [6.45, 7) is 10.6. The van der Waals surface area contributed by atoms with Crippen LogP contribution in [0, 0.1) is 13.8 Å². The lowest BCUT2D eigenvalue weighted by molar-refractivity contribution is -0.136. The number of esters is 1. The molecule has 0 spiro atoms. The summed E-state index contributed by atoms with van der Waals surface area (Å²) in [6, 6.07) is 8.05. The first-order valence-electron chi connectivity index (χ1n) is 10.3. The fourth-order valence-corrected chi connectivity index (χ4v) is 4.92. The Labute approximate surface area is 184 Å². The largest absolute Gasteiger partial charge is 0.454 e. The molecule has 1 aromatic carbocycles. The number of ketones is 1. The topological polar surface area (TPSA) is 85.7 Å². The van der Waals surface area contributed by atoms with Gasteiger partial charge in [-0.15, -0.1) is 0 Å². The number of aryl methyl sites for hydroxylation is 1. The van der Waals surface area contributed by atoms with Crippen LogP contribution in [0.15, 0.2) is 41.3 Å². The fourth-order valence-electron chi connectivity index (χ4n) is 3.46. The number of ether oxygens (including phenoxy) is 1. The molecule has 7 nitrogen and oxygen atoms in total. The standard InChI is InChI=1S/C23H30N2O5S/c1-6-24(7-2)31(28,29)20-12-9-19(10-13-20)11-14-23(27)30-16-22(26)21-15-17(4)25(8-3)18(21)5/h9-15H,6-8,16H2,1-5H3/b14-11+. The van der Waals surface area contributed by atoms with Crippen molar-refractivity contribution in [1.82, 2.24) is 8.87 Å². The van der Waals surface area contributed by atoms with Gasteiger partial charge in [-0.1, -0.05) is 26.0 Å². The molecule has 0 unspecified atom stereocenters. The zero-order valence-electron chi connectivity index (χ0n) is 18.7. The predicted octanol–water partition coefficient (Wildman–Crippen LogP) is 3.59. The molecule has 2 rings (SSSR count). The molecule has 0 amide bonds. The van der Waals surface area contributed by atoms with E-state index >= 15 is 0 Å². The maximum atomic E-state index is 12.5. The van der Waals surface area contributed by atoms with Gasteiger partial charge >= 0.3 is 5.97 Å². The minimum absolute atomic E-state index is 0.200. The lowest BCUT2D eigenvalue weighted by Crippen LogP contribution is -2.30. The normalized spacial score (nSPS) is 11.9. The molecule has 31 heavy (non-hydrogen) atoms. The monoisotopic (exact) mass is 446 g/mol. The van der Waals surface area contributed by atoms with Crippen LogP contribution in [0.2, 0.25) is 0 Å². The molecule has 0 saturated carbocycles. The van der Waals surface area contributed by atoms with Crippen LogP contribution < -0.4 is 0 Å². The Morgan fingerprint density at radius 3 is 2.19 bits per heavy atom. The molecule has 8 heteroatoms. The van der Waals surface area contributed by atoms with Crippen LogP contribution in [0.4, 0.5) is 0 Å². The van der Waals surface area contributed by atoms with Gasteiger partial charge in [-0.3, -0.25) is 4.79 Å². The lowest BCUT2D eigenvalue weighted by atomic mass is 10.1. The van der Waals surface area contributed by atoms with Crippen molar-refractivity contribution in [2.75, 3.05) is 19.7 Å². The van der Waals surface area contributed by atoms with E-state index in [1.54, 1.807) is 32.0 Å². The van der Waals surface area contributed by atoms with Crippen molar-refractivity contribution >= 4 is 27.9 Å². The Balaban J connectivity index is 1.98. The van der Waals surface area contributed by atoms with E-state index < -0.39 is 16.0 Å². The van der Waals surface area contributed by atoms with E-state index in [1.807, 2.05) is 25.3 Å². The summed E-state index contributed by atoms with van der Waals surface area (Å²) in [5.41, 5.74) is 3.05. The van der Waals surface area contributed by atoms with Crippen LogP contribution >= 0.6 is 0 Å². The maximum Gasteiger partial charge on any atom is 0.331 e. The van der Waals surface area contributed by atoms with E-state index in [-0.39, 0.29) is 17.3 Å². The van der Waals surface area contributed by atoms with Crippen LogP contribution in [0.1, 0.15) is 48.1 Å². The third-order valence-corrected chi connectivity index (χ3v) is 7.24. The molecule has 0 saturated heterocycles. The van der Waals surface area contributed by atoms with Crippen LogP contribution in [-0.2, 0) is 26.1 Å². The molecule has 2 aromatic rings. The molecule has 0 aliphatic carbocycles. The SMILES string of the molecule is CCN(CC)S(=O)(=O)c1ccc(/C=C/C(=O)OCC(=O)c2cc(C)n(CC)c2C)cc1. The number of hydrogen-bond acceptors (Lipinski definition) is 5. The highest BCUT2D eigenvalue weighted by molar-refractivity contribution is 7.89. The number of nitrogens with zero attached hydrogens (tertiary/aromatic N) is 2. The van der Waals surface area contributed by atoms with Gasteiger partial charge in [0.15, 0.2) is 6.61 Å². The molecule has 1 aromatic heterocycles. The van der Waals surface area contributed by atoms with Gasteiger partial charge in [-0.05, 0) is 50.6 Å². The van der Waals surface area contributed by atoms with Crippen molar-refractivity contribution in [2.45, 2.75) is 46.1 Å². The molecular weight excluding hydrogens is 416 g/mol. The molecule has 0 aliphatic rings. The number of carbonyl (C=O) groups is 2. The fraction of sp³-hybridized carbons (Fsp3) is 0.391. The van der Waals surface area contributed by atoms with Gasteiger partial charge < -0.3 is 9.30 Å². The lowest BCUT2D eigenvalue weighted by Gasteiger charge is -2.18. The number of hydrogen-bond donors (Lipinski definition) is 0. The first-order chi connectivity index (χ1) is 14.6. The first kappa shape index (κ1) is 24.6. The minimum atomic E-state index is -3.52. The van der Waals surface area contributed by atoms with Crippen molar-refractivity contribution in [3.05, 3.63) is 58.9 Å². The zero-order chi connectivity index (χ0) is 23.2. The van der Waals surface area contributed by atoms with E-state index in [9.17, 15) is 18.0 Å². The van der Waals surface area contributed by atoms with Crippen LogP contribution in [-0.4, -0.2) is 48.7 Å². The Morgan fingerprint density at radius 2 is 1.68 bits per heavy atom. The molecular formula is C23H30N2O5S. The quantitative estimate of drug-likeness (QED) is 0.316. The Hall–Kier alpha value is -2.71. The highest BCUT2D eigenvalue weighted by Gasteiger charge is 2.21. The zero-order valence-corrected chi connectivity index (χ0v) is 19.5. The second-order valence-electron chi connectivity index (χ2n) is 7.05. The van der Waals surface area contributed by atoms with Crippen molar-refractivity contribution in [1.29, 1.82) is 0 Å². The molecule has 0 bridgehead atoms. The van der Waals surface area contributed by atoms with Gasteiger partial charge in [-0.2, -0.15) is 4.31 Å². The molecule has 0 N–H and O–H groups in total. The van der Waals surface area contributed by atoms with Crippen LogP contribution in [0.25, 0.3) is 6.08 Å². The Kier molecular flexibility index (Phi) is 8.36. The number of rotatable bonds is 10. The number of sulfonamides is 1. The van der Waals surface area contributed by atoms with Gasteiger partial charge in [0.25, 0.3) is 0 Å². The van der Waals surface area contributed by atoms with E-state index in [0.717, 1.165) is 17.9 Å². The molecule has 168 valence electrons. The van der Waals surface area contributed by atoms with E-state index in [2.05, 4.69) is 0 Å². The van der Waals surface area contributed by atoms with E-state index in [0.29, 0.717) is 24.2 Å². The highest BCUT2D eigenvalue weighted by Crippen LogP contribution is 2.17. The van der Waals surface area contributed by atoms with Crippen molar-refractivity contribution in [2.24, 2.45) is 0 Å². The summed E-state index contributed by atoms with van der Waals surface area (Å²) in [5.74, 6) is -0.891. The molecule has 0 radical (unpaired) electrons. The maximum absolute atomic E-state index is 12.5. The number of Topliss-reactive ketones (excluding diaryl/α,β-unsaturated/α-hetero) is 1. The average molecular weight is 447 g/mol. The Bertz CT molecular complexity index is 1060. The third kappa shape index (κ3) is 5.71. The first-order valence-corrected chi connectivity index (χ1v) is 11.7. The van der Waals surface area contributed by atoms with Gasteiger partial charge in [-0.25, -0.2) is 13.2 Å². The minimum Gasteiger partial charge on any atom is -0.454 e. The number of aromatic nitrogens is 1. The second-order valence-corrected chi connectivity index (χ2v) is 8.99. The number of carbonyl (C=O) groups excluding carboxylic acids is 2. The van der Waals surface area contributed by atoms with Crippen LogP contribution in [0.5, 0.6) is 0 Å².